The van der Waals surface area contributed by atoms with Gasteiger partial charge >= 0.3 is 5.97 Å². The zero-order chi connectivity index (χ0) is 31.5. The smallest absolute Gasteiger partial charge is 0.338 e. The molecule has 226 valence electrons. The zero-order valence-electron chi connectivity index (χ0n) is 25.0. The second kappa shape index (κ2) is 12.6. The Bertz CT molecular complexity index is 2090. The van der Waals surface area contributed by atoms with E-state index in [1.54, 1.807) is 42.5 Å². The van der Waals surface area contributed by atoms with Crippen molar-refractivity contribution >= 4 is 23.4 Å². The molecule has 3 heterocycles. The van der Waals surface area contributed by atoms with Crippen molar-refractivity contribution < 1.29 is 19.0 Å². The molecule has 45 heavy (non-hydrogen) atoms. The van der Waals surface area contributed by atoms with E-state index in [4.69, 9.17) is 24.3 Å². The largest absolute Gasteiger partial charge is 0.497 e. The molecule has 0 radical (unpaired) electrons. The molecule has 0 N–H and O–H groups in total. The molecule has 5 aromatic rings. The number of carbonyl (C=O) groups excluding carboxylic acids is 1. The molecular formula is C35H30N4O5S. The quantitative estimate of drug-likeness (QED) is 0.173. The number of hydrogen-bond acceptors (Lipinski definition) is 8. The Morgan fingerprint density at radius 2 is 1.64 bits per heavy atom. The first-order chi connectivity index (χ1) is 21.9. The lowest BCUT2D eigenvalue weighted by Crippen LogP contribution is -2.39. The van der Waals surface area contributed by atoms with Gasteiger partial charge in [0.2, 0.25) is 0 Å². The van der Waals surface area contributed by atoms with Crippen molar-refractivity contribution in [3.05, 3.63) is 140 Å². The van der Waals surface area contributed by atoms with E-state index in [0.717, 1.165) is 28.1 Å². The molecule has 0 fully saturated rings. The summed E-state index contributed by atoms with van der Waals surface area (Å²) in [4.78, 5) is 32.7. The molecule has 0 aliphatic carbocycles. The minimum absolute atomic E-state index is 0.0366. The molecule has 0 unspecified atom stereocenters. The van der Waals surface area contributed by atoms with Crippen molar-refractivity contribution in [2.45, 2.75) is 13.0 Å². The Kier molecular flexibility index (Phi) is 8.30. The first-order valence-corrected chi connectivity index (χ1v) is 15.0. The van der Waals surface area contributed by atoms with Gasteiger partial charge in [-0.25, -0.2) is 14.5 Å². The van der Waals surface area contributed by atoms with Crippen LogP contribution in [0.2, 0.25) is 0 Å². The zero-order valence-corrected chi connectivity index (χ0v) is 25.8. The van der Waals surface area contributed by atoms with E-state index in [2.05, 4.69) is 6.58 Å². The molecule has 1 atom stereocenters. The van der Waals surface area contributed by atoms with Gasteiger partial charge in [0, 0.05) is 17.3 Å². The molecule has 1 aliphatic heterocycles. The topological polar surface area (TPSA) is 96.9 Å². The molecule has 6 rings (SSSR count). The SMILES string of the molecule is C=CCOC(=O)C1=C(C)N=c2s/c(=C\c3cn(-c4ccccc4)nc3-c3ccc(OC)cc3)c(=O)n2[C@@H]1c1ccc(OC)cc1. The molecule has 9 nitrogen and oxygen atoms in total. The Morgan fingerprint density at radius 1 is 0.978 bits per heavy atom. The molecule has 2 aromatic heterocycles. The minimum Gasteiger partial charge on any atom is -0.497 e. The van der Waals surface area contributed by atoms with Crippen molar-refractivity contribution in [3.63, 3.8) is 0 Å². The highest BCUT2D eigenvalue weighted by atomic mass is 32.1. The van der Waals surface area contributed by atoms with Crippen LogP contribution in [0.3, 0.4) is 0 Å². The summed E-state index contributed by atoms with van der Waals surface area (Å²) in [6, 6.07) is 23.9. The maximum atomic E-state index is 14.2. The number of aromatic nitrogens is 3. The van der Waals surface area contributed by atoms with Crippen LogP contribution >= 0.6 is 11.3 Å². The highest BCUT2D eigenvalue weighted by Crippen LogP contribution is 2.32. The van der Waals surface area contributed by atoms with Crippen LogP contribution in [0, 0.1) is 0 Å². The fourth-order valence-corrected chi connectivity index (χ4v) is 6.25. The Morgan fingerprint density at radius 3 is 2.29 bits per heavy atom. The van der Waals surface area contributed by atoms with Gasteiger partial charge in [-0.05, 0) is 67.1 Å². The normalized spacial score (nSPS) is 14.5. The van der Waals surface area contributed by atoms with Gasteiger partial charge in [-0.2, -0.15) is 5.10 Å². The number of allylic oxidation sites excluding steroid dienone is 1. The van der Waals surface area contributed by atoms with Crippen molar-refractivity contribution in [1.82, 2.24) is 14.3 Å². The molecule has 3 aromatic carbocycles. The van der Waals surface area contributed by atoms with E-state index in [1.807, 2.05) is 79.0 Å². The number of thiazole rings is 1. The number of fused-ring (bicyclic) bond motifs is 1. The highest BCUT2D eigenvalue weighted by molar-refractivity contribution is 7.07. The van der Waals surface area contributed by atoms with Crippen molar-refractivity contribution in [1.29, 1.82) is 0 Å². The van der Waals surface area contributed by atoms with Crippen LogP contribution in [0.15, 0.2) is 119 Å². The van der Waals surface area contributed by atoms with E-state index >= 15 is 0 Å². The van der Waals surface area contributed by atoms with Gasteiger partial charge in [0.15, 0.2) is 4.80 Å². The van der Waals surface area contributed by atoms with Crippen LogP contribution in [0.1, 0.15) is 24.1 Å². The number of nitrogens with zero attached hydrogens (tertiary/aromatic N) is 4. The van der Waals surface area contributed by atoms with Crippen molar-refractivity contribution in [2.75, 3.05) is 20.8 Å². The highest BCUT2D eigenvalue weighted by Gasteiger charge is 2.33. The summed E-state index contributed by atoms with van der Waals surface area (Å²) in [7, 11) is 3.20. The lowest BCUT2D eigenvalue weighted by Gasteiger charge is -2.24. The molecular weight excluding hydrogens is 588 g/mol. The number of carbonyl (C=O) groups is 1. The molecule has 0 saturated carbocycles. The second-order valence-corrected chi connectivity index (χ2v) is 11.2. The summed E-state index contributed by atoms with van der Waals surface area (Å²) in [6.07, 6.45) is 5.23. The number of rotatable bonds is 9. The van der Waals surface area contributed by atoms with Gasteiger partial charge in [0.1, 0.15) is 23.8 Å². The van der Waals surface area contributed by atoms with Gasteiger partial charge in [-0.3, -0.25) is 9.36 Å². The van der Waals surface area contributed by atoms with E-state index in [0.29, 0.717) is 26.5 Å². The number of para-hydroxylation sites is 1. The van der Waals surface area contributed by atoms with Gasteiger partial charge < -0.3 is 14.2 Å². The molecule has 0 bridgehead atoms. The number of esters is 1. The van der Waals surface area contributed by atoms with Crippen molar-refractivity contribution in [3.8, 4) is 28.4 Å². The number of methoxy groups -OCH3 is 2. The minimum atomic E-state index is -0.750. The average molecular weight is 619 g/mol. The monoisotopic (exact) mass is 618 g/mol. The van der Waals surface area contributed by atoms with E-state index < -0.39 is 12.0 Å². The number of benzene rings is 3. The Labute approximate surface area is 263 Å². The summed E-state index contributed by atoms with van der Waals surface area (Å²) in [5.41, 5.74) is 4.40. The van der Waals surface area contributed by atoms with Crippen molar-refractivity contribution in [2.24, 2.45) is 4.99 Å². The lowest BCUT2D eigenvalue weighted by molar-refractivity contribution is -0.138. The van der Waals surface area contributed by atoms with E-state index in [1.165, 1.54) is 17.4 Å². The van der Waals surface area contributed by atoms with Crippen LogP contribution in [-0.4, -0.2) is 41.1 Å². The Balaban J connectivity index is 1.53. The summed E-state index contributed by atoms with van der Waals surface area (Å²) in [5.74, 6) is 0.828. The lowest BCUT2D eigenvalue weighted by atomic mass is 9.96. The number of hydrogen-bond donors (Lipinski definition) is 0. The van der Waals surface area contributed by atoms with E-state index in [9.17, 15) is 9.59 Å². The maximum Gasteiger partial charge on any atom is 0.338 e. The molecule has 10 heteroatoms. The molecule has 0 saturated heterocycles. The molecule has 0 amide bonds. The molecule has 0 spiro atoms. The predicted octanol–water partition coefficient (Wildman–Crippen LogP) is 4.83. The third kappa shape index (κ3) is 5.75. The van der Waals surface area contributed by atoms with E-state index in [-0.39, 0.29) is 17.7 Å². The van der Waals surface area contributed by atoms with Gasteiger partial charge in [0.25, 0.3) is 5.56 Å². The third-order valence-corrected chi connectivity index (χ3v) is 8.40. The number of ether oxygens (including phenoxy) is 3. The summed E-state index contributed by atoms with van der Waals surface area (Å²) in [6.45, 7) is 5.43. The van der Waals surface area contributed by atoms with Crippen LogP contribution < -0.4 is 24.4 Å². The summed E-state index contributed by atoms with van der Waals surface area (Å²) in [5, 5.41) is 4.90. The average Bonchev–Trinajstić information content (AvgIpc) is 3.63. The van der Waals surface area contributed by atoms with Crippen LogP contribution in [-0.2, 0) is 9.53 Å². The van der Waals surface area contributed by atoms with Gasteiger partial charge in [-0.15, -0.1) is 0 Å². The third-order valence-electron chi connectivity index (χ3n) is 7.42. The maximum absolute atomic E-state index is 14.2. The van der Waals surface area contributed by atoms with Crippen LogP contribution in [0.25, 0.3) is 23.0 Å². The van der Waals surface area contributed by atoms with Gasteiger partial charge in [0.05, 0.1) is 41.8 Å². The Hall–Kier alpha value is -5.48. The van der Waals surface area contributed by atoms with Crippen LogP contribution in [0.5, 0.6) is 11.5 Å². The van der Waals surface area contributed by atoms with Crippen LogP contribution in [0.4, 0.5) is 0 Å². The predicted molar refractivity (Wildman–Crippen MR) is 173 cm³/mol. The summed E-state index contributed by atoms with van der Waals surface area (Å²) >= 11 is 1.26. The molecule has 1 aliphatic rings. The second-order valence-electron chi connectivity index (χ2n) is 10.2. The first kappa shape index (κ1) is 29.6. The fraction of sp³-hybridized carbons (Fsp3) is 0.143. The fourth-order valence-electron chi connectivity index (χ4n) is 5.22. The van der Waals surface area contributed by atoms with Gasteiger partial charge in [-0.1, -0.05) is 54.3 Å². The first-order valence-electron chi connectivity index (χ1n) is 14.2. The standard InChI is InChI=1S/C35H30N4O5S/c1-5-19-44-34(41)30-22(2)36-35-39(32(30)24-13-17-28(43-4)18-14-24)33(40)29(45-35)20-25-21-38(26-9-7-6-8-10-26)37-31(25)23-11-15-27(42-3)16-12-23/h5-18,20-21,32H,1,19H2,2-4H3/b29-20-/t32-/m1/s1. The summed E-state index contributed by atoms with van der Waals surface area (Å²) < 4.78 is 19.9.